The molecule has 0 radical (unpaired) electrons. The molecule has 0 spiro atoms. The van der Waals surface area contributed by atoms with Crippen molar-refractivity contribution in [3.8, 4) is 0 Å². The van der Waals surface area contributed by atoms with E-state index in [1.54, 1.807) is 20.8 Å². The average molecular weight is 553 g/mol. The van der Waals surface area contributed by atoms with E-state index >= 15 is 0 Å². The van der Waals surface area contributed by atoms with Gasteiger partial charge in [-0.15, -0.1) is 0 Å². The molecule has 13 nitrogen and oxygen atoms in total. The Bertz CT molecular complexity index is 757. The third kappa shape index (κ3) is 15.5. The molecular formula is C23H37O13P. The Labute approximate surface area is 216 Å². The van der Waals surface area contributed by atoms with Gasteiger partial charge in [0.1, 0.15) is 0 Å². The summed E-state index contributed by atoms with van der Waals surface area (Å²) >= 11 is 0. The van der Waals surface area contributed by atoms with Gasteiger partial charge in [0.05, 0.1) is 88.2 Å². The molecule has 0 bridgehead atoms. The summed E-state index contributed by atoms with van der Waals surface area (Å²) in [6, 6.07) is 0. The SMILES string of the molecule is C=C(COCC(COCC(=C)C(=O)OCC)(COCC(=C)C(=O)OCC)COP(=O)(O)O)C(=O)OCC. The predicted molar refractivity (Wildman–Crippen MR) is 130 cm³/mol. The fourth-order valence-corrected chi connectivity index (χ4v) is 2.96. The van der Waals surface area contributed by atoms with Gasteiger partial charge in [-0.05, 0) is 20.8 Å². The first-order valence-electron chi connectivity index (χ1n) is 11.3. The lowest BCUT2D eigenvalue weighted by Crippen LogP contribution is -2.42. The maximum absolute atomic E-state index is 11.8. The van der Waals surface area contributed by atoms with Crippen molar-refractivity contribution >= 4 is 25.7 Å². The van der Waals surface area contributed by atoms with Crippen LogP contribution >= 0.6 is 7.82 Å². The second-order valence-corrected chi connectivity index (χ2v) is 8.95. The van der Waals surface area contributed by atoms with Crippen molar-refractivity contribution < 1.29 is 61.7 Å². The number of hydrogen-bond donors (Lipinski definition) is 2. The van der Waals surface area contributed by atoms with Crippen LogP contribution in [0, 0.1) is 5.41 Å². The lowest BCUT2D eigenvalue weighted by Gasteiger charge is -2.33. The molecule has 0 unspecified atom stereocenters. The molecule has 0 rings (SSSR count). The van der Waals surface area contributed by atoms with Crippen molar-refractivity contribution in [1.82, 2.24) is 0 Å². The van der Waals surface area contributed by atoms with E-state index in [1.165, 1.54) is 0 Å². The van der Waals surface area contributed by atoms with E-state index in [1.807, 2.05) is 0 Å². The van der Waals surface area contributed by atoms with Crippen LogP contribution in [0.2, 0.25) is 0 Å². The molecule has 14 heteroatoms. The van der Waals surface area contributed by atoms with Crippen LogP contribution in [-0.2, 0) is 51.9 Å². The van der Waals surface area contributed by atoms with Crippen LogP contribution in [0.1, 0.15) is 20.8 Å². The Hall–Kier alpha value is -2.38. The Balaban J connectivity index is 5.59. The van der Waals surface area contributed by atoms with Crippen molar-refractivity contribution in [3.05, 3.63) is 36.5 Å². The molecule has 37 heavy (non-hydrogen) atoms. The summed E-state index contributed by atoms with van der Waals surface area (Å²) < 4.78 is 47.3. The van der Waals surface area contributed by atoms with E-state index in [2.05, 4.69) is 19.7 Å². The number of carbonyl (C=O) groups excluding carboxylic acids is 3. The van der Waals surface area contributed by atoms with Gasteiger partial charge in [0.15, 0.2) is 0 Å². The highest BCUT2D eigenvalue weighted by Crippen LogP contribution is 2.38. The van der Waals surface area contributed by atoms with Crippen molar-refractivity contribution in [2.24, 2.45) is 5.41 Å². The van der Waals surface area contributed by atoms with Crippen molar-refractivity contribution in [1.29, 1.82) is 0 Å². The third-order valence-corrected chi connectivity index (χ3v) is 4.75. The third-order valence-electron chi connectivity index (χ3n) is 4.28. The smallest absolute Gasteiger partial charge is 0.463 e. The molecular weight excluding hydrogens is 515 g/mol. The molecule has 0 aromatic rings. The Kier molecular flexibility index (Phi) is 16.8. The minimum atomic E-state index is -4.93. The lowest BCUT2D eigenvalue weighted by atomic mass is 9.92. The van der Waals surface area contributed by atoms with E-state index in [9.17, 15) is 28.7 Å². The van der Waals surface area contributed by atoms with Gasteiger partial charge < -0.3 is 38.2 Å². The molecule has 0 amide bonds. The first kappa shape index (κ1) is 34.6. The van der Waals surface area contributed by atoms with Gasteiger partial charge >= 0.3 is 25.7 Å². The minimum absolute atomic E-state index is 0.000120. The zero-order chi connectivity index (χ0) is 28.5. The van der Waals surface area contributed by atoms with Gasteiger partial charge in [0.2, 0.25) is 0 Å². The summed E-state index contributed by atoms with van der Waals surface area (Å²) in [5.74, 6) is -2.03. The van der Waals surface area contributed by atoms with Gasteiger partial charge in [0, 0.05) is 0 Å². The first-order chi connectivity index (χ1) is 17.3. The molecule has 0 atom stereocenters. The number of rotatable bonds is 21. The molecule has 0 aliphatic heterocycles. The molecule has 0 saturated heterocycles. The van der Waals surface area contributed by atoms with Crippen LogP contribution < -0.4 is 0 Å². The highest BCUT2D eigenvalue weighted by Gasteiger charge is 2.36. The second kappa shape index (κ2) is 18.0. The van der Waals surface area contributed by atoms with Gasteiger partial charge in [-0.2, -0.15) is 0 Å². The molecule has 0 aliphatic rings. The number of ether oxygens (including phenoxy) is 6. The summed E-state index contributed by atoms with van der Waals surface area (Å²) in [5, 5.41) is 0. The van der Waals surface area contributed by atoms with Crippen LogP contribution in [0.25, 0.3) is 0 Å². The van der Waals surface area contributed by atoms with Gasteiger partial charge in [-0.1, -0.05) is 19.7 Å². The molecule has 0 aliphatic carbocycles. The Morgan fingerprint density at radius 2 is 0.946 bits per heavy atom. The summed E-state index contributed by atoms with van der Waals surface area (Å²) in [4.78, 5) is 53.9. The van der Waals surface area contributed by atoms with Gasteiger partial charge in [-0.25, -0.2) is 18.9 Å². The topological polar surface area (TPSA) is 173 Å². The molecule has 0 saturated carbocycles. The fourth-order valence-electron chi connectivity index (χ4n) is 2.52. The summed E-state index contributed by atoms with van der Waals surface area (Å²) in [6.07, 6.45) is 0. The van der Waals surface area contributed by atoms with E-state index in [-0.39, 0.29) is 76.2 Å². The fraction of sp³-hybridized carbons (Fsp3) is 0.609. The predicted octanol–water partition coefficient (Wildman–Crippen LogP) is 1.49. The largest absolute Gasteiger partial charge is 0.469 e. The first-order valence-corrected chi connectivity index (χ1v) is 12.8. The van der Waals surface area contributed by atoms with Crippen LogP contribution in [0.15, 0.2) is 36.5 Å². The van der Waals surface area contributed by atoms with Gasteiger partial charge in [-0.3, -0.25) is 4.52 Å². The number of carbonyl (C=O) groups is 3. The quantitative estimate of drug-likeness (QED) is 0.0908. The number of hydrogen-bond acceptors (Lipinski definition) is 11. The Morgan fingerprint density at radius 1 is 0.649 bits per heavy atom. The molecule has 2 N–H and O–H groups in total. The van der Waals surface area contributed by atoms with E-state index in [0.717, 1.165) is 0 Å². The van der Waals surface area contributed by atoms with Crippen LogP contribution in [0.3, 0.4) is 0 Å². The van der Waals surface area contributed by atoms with Crippen LogP contribution in [0.4, 0.5) is 0 Å². The normalized spacial score (nSPS) is 11.5. The maximum Gasteiger partial charge on any atom is 0.469 e. The van der Waals surface area contributed by atoms with E-state index in [0.29, 0.717) is 0 Å². The molecule has 0 aromatic heterocycles. The molecule has 0 heterocycles. The van der Waals surface area contributed by atoms with E-state index in [4.69, 9.17) is 32.9 Å². The van der Waals surface area contributed by atoms with Crippen molar-refractivity contribution in [2.75, 3.05) is 66.1 Å². The highest BCUT2D eigenvalue weighted by molar-refractivity contribution is 7.46. The highest BCUT2D eigenvalue weighted by atomic mass is 31.2. The lowest BCUT2D eigenvalue weighted by molar-refractivity contribution is -0.140. The monoisotopic (exact) mass is 552 g/mol. The summed E-state index contributed by atoms with van der Waals surface area (Å²) in [5.41, 5.74) is -1.39. The minimum Gasteiger partial charge on any atom is -0.463 e. The Morgan fingerprint density at radius 3 is 1.19 bits per heavy atom. The standard InChI is InChI=1S/C23H37O13P/c1-7-33-20(24)17(4)10-30-13-23(16-36-37(27,28)29,14-31-11-18(5)21(25)34-8-2)15-32-12-19(6)22(26)35-9-3/h4-16H2,1-3H3,(H2,27,28,29). The molecule has 0 aromatic carbocycles. The molecule has 212 valence electrons. The zero-order valence-corrected chi connectivity index (χ0v) is 22.4. The van der Waals surface area contributed by atoms with Crippen LogP contribution in [-0.4, -0.2) is 93.8 Å². The average Bonchev–Trinajstić information content (AvgIpc) is 2.82. The van der Waals surface area contributed by atoms with Crippen molar-refractivity contribution in [2.45, 2.75) is 20.8 Å². The second-order valence-electron chi connectivity index (χ2n) is 7.71. The zero-order valence-electron chi connectivity index (χ0n) is 21.5. The summed E-state index contributed by atoms with van der Waals surface area (Å²) in [6.45, 7) is 13.6. The molecule has 0 fully saturated rings. The van der Waals surface area contributed by atoms with E-state index < -0.39 is 37.8 Å². The summed E-state index contributed by atoms with van der Waals surface area (Å²) in [7, 11) is -4.93. The number of esters is 3. The van der Waals surface area contributed by atoms with Crippen molar-refractivity contribution in [3.63, 3.8) is 0 Å². The van der Waals surface area contributed by atoms with Gasteiger partial charge in [0.25, 0.3) is 0 Å². The maximum atomic E-state index is 11.8. The number of phosphoric ester groups is 1. The van der Waals surface area contributed by atoms with Crippen LogP contribution in [0.5, 0.6) is 0 Å². The number of phosphoric acid groups is 1.